The molecule has 1 saturated carbocycles. The lowest BCUT2D eigenvalue weighted by molar-refractivity contribution is 0.00891. The van der Waals surface area contributed by atoms with Gasteiger partial charge < -0.3 is 20.2 Å². The van der Waals surface area contributed by atoms with Crippen molar-refractivity contribution >= 4 is 22.4 Å². The van der Waals surface area contributed by atoms with Crippen molar-refractivity contribution in [2.24, 2.45) is 17.1 Å². The summed E-state index contributed by atoms with van der Waals surface area (Å²) in [5.41, 5.74) is 6.74. The van der Waals surface area contributed by atoms with Gasteiger partial charge in [-0.05, 0) is 86.3 Å². The van der Waals surface area contributed by atoms with Gasteiger partial charge >= 0.3 is 0 Å². The van der Waals surface area contributed by atoms with Crippen molar-refractivity contribution in [1.82, 2.24) is 4.98 Å². The normalized spacial score (nSPS) is 26.6. The van der Waals surface area contributed by atoms with Crippen LogP contribution >= 0.6 is 11.6 Å². The Bertz CT molecular complexity index is 914. The van der Waals surface area contributed by atoms with Crippen LogP contribution in [0.5, 0.6) is 5.75 Å². The predicted molar refractivity (Wildman–Crippen MR) is 121 cm³/mol. The highest BCUT2D eigenvalue weighted by Crippen LogP contribution is 2.47. The number of halogens is 1. The number of hydrogen-bond donors (Lipinski definition) is 2. The van der Waals surface area contributed by atoms with Gasteiger partial charge in [-0.3, -0.25) is 4.79 Å². The first-order valence-corrected chi connectivity index (χ1v) is 11.7. The monoisotopic (exact) mass is 432 g/mol. The number of H-pyrrole nitrogens is 1. The minimum atomic E-state index is -0.134. The van der Waals surface area contributed by atoms with E-state index in [9.17, 15) is 4.79 Å². The standard InChI is InChI=1S/C24H33ClN2O3/c1-2-22(26)24(15-16-6-11-29-12-7-16)8-3-18(4-9-24)30-21-13-17-5-10-27-23(28)19(17)14-20(21)25/h5,10,13-14,16,18,22H,2-4,6-9,11-12,15,26H2,1H3,(H,27,28). The van der Waals surface area contributed by atoms with Gasteiger partial charge in [-0.1, -0.05) is 18.5 Å². The number of rotatable bonds is 6. The third-order valence-electron chi connectivity index (χ3n) is 7.31. The van der Waals surface area contributed by atoms with Crippen molar-refractivity contribution in [3.05, 3.63) is 39.8 Å². The van der Waals surface area contributed by atoms with Crippen LogP contribution in [-0.2, 0) is 4.74 Å². The second-order valence-corrected chi connectivity index (χ2v) is 9.54. The Hall–Kier alpha value is -1.56. The SMILES string of the molecule is CCC(N)C1(CC2CCOCC2)CCC(Oc2cc3cc[nH]c(=O)c3cc2Cl)CC1. The lowest BCUT2D eigenvalue weighted by Gasteiger charge is -2.46. The van der Waals surface area contributed by atoms with Crippen LogP contribution in [-0.4, -0.2) is 30.3 Å². The average molecular weight is 433 g/mol. The minimum absolute atomic E-state index is 0.133. The fourth-order valence-electron chi connectivity index (χ4n) is 5.43. The topological polar surface area (TPSA) is 77.3 Å². The maximum Gasteiger partial charge on any atom is 0.255 e. The van der Waals surface area contributed by atoms with Crippen molar-refractivity contribution in [1.29, 1.82) is 0 Å². The summed E-state index contributed by atoms with van der Waals surface area (Å²) in [6, 6.07) is 5.70. The van der Waals surface area contributed by atoms with Gasteiger partial charge in [0.1, 0.15) is 5.75 Å². The largest absolute Gasteiger partial charge is 0.489 e. The summed E-state index contributed by atoms with van der Waals surface area (Å²) in [5.74, 6) is 1.39. The molecule has 164 valence electrons. The molecule has 6 heteroatoms. The molecule has 2 fully saturated rings. The van der Waals surface area contributed by atoms with Gasteiger partial charge in [0.25, 0.3) is 5.56 Å². The summed E-state index contributed by atoms with van der Waals surface area (Å²) in [7, 11) is 0. The molecule has 2 heterocycles. The Balaban J connectivity index is 1.45. The van der Waals surface area contributed by atoms with Crippen molar-refractivity contribution in [2.45, 2.75) is 70.4 Å². The maximum absolute atomic E-state index is 12.0. The van der Waals surface area contributed by atoms with Crippen LogP contribution in [0, 0.1) is 11.3 Å². The number of nitrogens with one attached hydrogen (secondary N) is 1. The zero-order valence-corrected chi connectivity index (χ0v) is 18.5. The fraction of sp³-hybridized carbons (Fsp3) is 0.625. The number of aromatic nitrogens is 1. The van der Waals surface area contributed by atoms with Gasteiger partial charge in [-0.15, -0.1) is 0 Å². The Morgan fingerprint density at radius 3 is 2.70 bits per heavy atom. The molecular weight excluding hydrogens is 400 g/mol. The third-order valence-corrected chi connectivity index (χ3v) is 7.61. The van der Waals surface area contributed by atoms with Crippen LogP contribution in [0.3, 0.4) is 0 Å². The average Bonchev–Trinajstić information content (AvgIpc) is 2.76. The van der Waals surface area contributed by atoms with Gasteiger partial charge in [0.2, 0.25) is 0 Å². The summed E-state index contributed by atoms with van der Waals surface area (Å²) < 4.78 is 11.9. The summed E-state index contributed by atoms with van der Waals surface area (Å²) in [6.07, 6.45) is 10.5. The second-order valence-electron chi connectivity index (χ2n) is 9.13. The molecule has 0 amide bonds. The highest BCUT2D eigenvalue weighted by atomic mass is 35.5. The number of ether oxygens (including phenoxy) is 2. The first-order valence-electron chi connectivity index (χ1n) is 11.3. The maximum atomic E-state index is 12.0. The van der Waals surface area contributed by atoms with Gasteiger partial charge in [0.05, 0.1) is 11.1 Å². The van der Waals surface area contributed by atoms with Crippen LogP contribution in [0.4, 0.5) is 0 Å². The first-order chi connectivity index (χ1) is 14.5. The van der Waals surface area contributed by atoms with Gasteiger partial charge in [0.15, 0.2) is 0 Å². The van der Waals surface area contributed by atoms with E-state index in [-0.39, 0.29) is 23.1 Å². The molecular formula is C24H33ClN2O3. The predicted octanol–water partition coefficient (Wildman–Crippen LogP) is 5.04. The summed E-state index contributed by atoms with van der Waals surface area (Å²) >= 11 is 6.44. The fourth-order valence-corrected chi connectivity index (χ4v) is 5.64. The molecule has 2 aromatic rings. The van der Waals surface area contributed by atoms with E-state index in [1.165, 1.54) is 6.42 Å². The van der Waals surface area contributed by atoms with Crippen LogP contribution < -0.4 is 16.0 Å². The Kier molecular flexibility index (Phi) is 6.71. The molecule has 0 radical (unpaired) electrons. The van der Waals surface area contributed by atoms with Crippen LogP contribution in [0.1, 0.15) is 58.3 Å². The van der Waals surface area contributed by atoms with E-state index in [1.807, 2.05) is 12.1 Å². The zero-order valence-electron chi connectivity index (χ0n) is 17.8. The Morgan fingerprint density at radius 1 is 1.27 bits per heavy atom. The van der Waals surface area contributed by atoms with Crippen LogP contribution in [0.25, 0.3) is 10.8 Å². The molecule has 0 bridgehead atoms. The van der Waals surface area contributed by atoms with Crippen molar-refractivity contribution in [3.8, 4) is 5.75 Å². The third kappa shape index (κ3) is 4.53. The highest BCUT2D eigenvalue weighted by molar-refractivity contribution is 6.32. The van der Waals surface area contributed by atoms with Gasteiger partial charge in [0, 0.05) is 30.8 Å². The smallest absolute Gasteiger partial charge is 0.255 e. The molecule has 1 aliphatic heterocycles. The molecule has 1 saturated heterocycles. The second kappa shape index (κ2) is 9.29. The number of aromatic amines is 1. The quantitative estimate of drug-likeness (QED) is 0.670. The van der Waals surface area contributed by atoms with Crippen molar-refractivity contribution in [2.75, 3.05) is 13.2 Å². The molecule has 2 aliphatic rings. The van der Waals surface area contributed by atoms with E-state index >= 15 is 0 Å². The molecule has 1 unspecified atom stereocenters. The van der Waals surface area contributed by atoms with E-state index < -0.39 is 0 Å². The van der Waals surface area contributed by atoms with E-state index in [4.69, 9.17) is 26.8 Å². The van der Waals surface area contributed by atoms with E-state index in [0.717, 1.165) is 69.5 Å². The highest BCUT2D eigenvalue weighted by Gasteiger charge is 2.41. The Morgan fingerprint density at radius 2 is 2.00 bits per heavy atom. The minimum Gasteiger partial charge on any atom is -0.489 e. The van der Waals surface area contributed by atoms with Gasteiger partial charge in [-0.2, -0.15) is 0 Å². The number of benzene rings is 1. The number of pyridine rings is 1. The van der Waals surface area contributed by atoms with Crippen LogP contribution in [0.15, 0.2) is 29.2 Å². The number of fused-ring (bicyclic) bond motifs is 1. The first kappa shape index (κ1) is 21.7. The summed E-state index contributed by atoms with van der Waals surface area (Å²) in [4.78, 5) is 14.7. The zero-order chi connectivity index (χ0) is 21.1. The van der Waals surface area contributed by atoms with Crippen LogP contribution in [0.2, 0.25) is 5.02 Å². The molecule has 1 aromatic heterocycles. The lowest BCUT2D eigenvalue weighted by Crippen LogP contribution is -2.47. The van der Waals surface area contributed by atoms with E-state index in [2.05, 4.69) is 11.9 Å². The molecule has 1 aromatic carbocycles. The lowest BCUT2D eigenvalue weighted by atomic mass is 9.63. The summed E-state index contributed by atoms with van der Waals surface area (Å²) in [6.45, 7) is 3.98. The molecule has 30 heavy (non-hydrogen) atoms. The summed E-state index contributed by atoms with van der Waals surface area (Å²) in [5, 5.41) is 1.92. The molecule has 1 aliphatic carbocycles. The van der Waals surface area contributed by atoms with Crippen molar-refractivity contribution in [3.63, 3.8) is 0 Å². The molecule has 3 N–H and O–H groups in total. The number of nitrogens with two attached hydrogens (primary N) is 1. The Labute approximate surface area is 183 Å². The van der Waals surface area contributed by atoms with E-state index in [0.29, 0.717) is 16.2 Å². The van der Waals surface area contributed by atoms with Gasteiger partial charge in [-0.25, -0.2) is 0 Å². The molecule has 1 atom stereocenters. The number of hydrogen-bond acceptors (Lipinski definition) is 4. The van der Waals surface area contributed by atoms with Crippen molar-refractivity contribution < 1.29 is 9.47 Å². The molecule has 0 spiro atoms. The molecule has 5 nitrogen and oxygen atoms in total. The van der Waals surface area contributed by atoms with E-state index in [1.54, 1.807) is 12.3 Å². The molecule has 4 rings (SSSR count).